The summed E-state index contributed by atoms with van der Waals surface area (Å²) in [5, 5.41) is 56.6. The van der Waals surface area contributed by atoms with E-state index in [-0.39, 0.29) is 19.4 Å². The van der Waals surface area contributed by atoms with Gasteiger partial charge in [0.25, 0.3) is 0 Å². The zero-order chi connectivity index (χ0) is 51.1. The third-order valence-corrected chi connectivity index (χ3v) is 11.9. The molecule has 8 unspecified atom stereocenters. The molecule has 1 rings (SSSR count). The van der Waals surface area contributed by atoms with E-state index < -0.39 is 67.4 Å². The van der Waals surface area contributed by atoms with Gasteiger partial charge in [-0.05, 0) is 96.3 Å². The SMILES string of the molecule is CC/C=C\C/C=C\C/C=C\C/C=C\C/C=C\CCCC(=O)OC1C(OCC(NC(=O)C(O)CCCCC/C=C/C/C=C/C/C=C/CC)C(O)/C=C/CCCCCCCCCCC)OC(CO)C(O)C1O. The van der Waals surface area contributed by atoms with Gasteiger partial charge >= 0.3 is 5.97 Å². The highest BCUT2D eigenvalue weighted by Gasteiger charge is 2.47. The van der Waals surface area contributed by atoms with E-state index in [0.717, 1.165) is 96.3 Å². The van der Waals surface area contributed by atoms with Crippen LogP contribution in [-0.2, 0) is 23.8 Å². The van der Waals surface area contributed by atoms with E-state index in [1.807, 2.05) is 18.2 Å². The molecule has 0 aromatic rings. The van der Waals surface area contributed by atoms with Crippen molar-refractivity contribution in [1.29, 1.82) is 0 Å². The number of carbonyl (C=O) groups excluding carboxylic acids is 2. The molecule has 1 saturated heterocycles. The number of rotatable bonds is 43. The highest BCUT2D eigenvalue weighted by molar-refractivity contribution is 5.80. The maximum Gasteiger partial charge on any atom is 0.306 e. The summed E-state index contributed by atoms with van der Waals surface area (Å²) in [7, 11) is 0. The Morgan fingerprint density at radius 3 is 1.54 bits per heavy atom. The van der Waals surface area contributed by atoms with Crippen LogP contribution in [0.3, 0.4) is 0 Å². The second-order valence-corrected chi connectivity index (χ2v) is 18.2. The van der Waals surface area contributed by atoms with Gasteiger partial charge < -0.3 is 45.1 Å². The van der Waals surface area contributed by atoms with Crippen molar-refractivity contribution in [2.24, 2.45) is 0 Å². The zero-order valence-corrected chi connectivity index (χ0v) is 43.6. The van der Waals surface area contributed by atoms with E-state index in [1.54, 1.807) is 6.08 Å². The van der Waals surface area contributed by atoms with Gasteiger partial charge in [-0.1, -0.05) is 194 Å². The number of carbonyl (C=O) groups is 2. The number of unbranched alkanes of at least 4 members (excludes halogenated alkanes) is 13. The van der Waals surface area contributed by atoms with Crippen molar-refractivity contribution in [3.63, 3.8) is 0 Å². The number of amides is 1. The van der Waals surface area contributed by atoms with Gasteiger partial charge in [-0.25, -0.2) is 0 Å². The first-order chi connectivity index (χ1) is 34.2. The Bertz CT molecular complexity index is 1550. The van der Waals surface area contributed by atoms with Crippen molar-refractivity contribution in [3.05, 3.63) is 109 Å². The Morgan fingerprint density at radius 2 is 1.03 bits per heavy atom. The quantitative estimate of drug-likeness (QED) is 0.0196. The minimum absolute atomic E-state index is 0.0362. The molecule has 6 N–H and O–H groups in total. The van der Waals surface area contributed by atoms with Gasteiger partial charge in [0.2, 0.25) is 5.91 Å². The van der Waals surface area contributed by atoms with Gasteiger partial charge in [0.15, 0.2) is 12.4 Å². The normalized spacial score (nSPS) is 20.6. The predicted octanol–water partition coefficient (Wildman–Crippen LogP) is 11.8. The third-order valence-electron chi connectivity index (χ3n) is 11.9. The summed E-state index contributed by atoms with van der Waals surface area (Å²) in [6.45, 7) is 5.46. The maximum atomic E-state index is 13.3. The Hall–Kier alpha value is -3.68. The number of ether oxygens (including phenoxy) is 3. The molecule has 0 saturated carbocycles. The number of allylic oxidation sites excluding steroid dienone is 17. The highest BCUT2D eigenvalue weighted by atomic mass is 16.7. The standard InChI is InChI=1S/C59H97NO10/c1-4-7-10-13-16-19-22-24-25-26-27-29-32-35-38-41-44-47-54(64)70-57-56(66)55(65)53(48-61)69-59(57)68-49-50(51(62)45-42-39-36-33-30-21-18-15-12-9-6-3)60-58(67)52(63)46-43-40-37-34-31-28-23-20-17-14-11-8-5-2/h7-8,10-11,16-17,19-20,24-25,27-29,31,35,38,42,45,50-53,55-57,59,61-63,65-66H,4-6,9,12-15,18,21-23,26,30,32-34,36-37,39-41,43-44,46-49H2,1-3H3,(H,60,67)/b10-7-,11-8+,19-16-,20-17+,25-24-,29-27-,31-28+,38-35-,45-42+. The summed E-state index contributed by atoms with van der Waals surface area (Å²) in [6.07, 6.45) is 51.4. The van der Waals surface area contributed by atoms with Crippen LogP contribution in [0.25, 0.3) is 0 Å². The van der Waals surface area contributed by atoms with Crippen LogP contribution in [0, 0.1) is 0 Å². The molecule has 1 aliphatic heterocycles. The first-order valence-electron chi connectivity index (χ1n) is 27.2. The molecular formula is C59H97NO10. The first kappa shape index (κ1) is 64.3. The molecule has 1 heterocycles. The van der Waals surface area contributed by atoms with E-state index >= 15 is 0 Å². The number of hydrogen-bond acceptors (Lipinski definition) is 10. The highest BCUT2D eigenvalue weighted by Crippen LogP contribution is 2.26. The molecule has 1 fully saturated rings. The number of aliphatic hydroxyl groups is 5. The predicted molar refractivity (Wildman–Crippen MR) is 287 cm³/mol. The number of hydrogen-bond donors (Lipinski definition) is 6. The van der Waals surface area contributed by atoms with Crippen LogP contribution < -0.4 is 5.32 Å². The first-order valence-corrected chi connectivity index (χ1v) is 27.2. The van der Waals surface area contributed by atoms with Crippen molar-refractivity contribution < 1.29 is 49.3 Å². The molecule has 0 bridgehead atoms. The fraction of sp³-hybridized carbons (Fsp3) is 0.661. The average Bonchev–Trinajstić information content (AvgIpc) is 3.36. The van der Waals surface area contributed by atoms with Crippen molar-refractivity contribution >= 4 is 11.9 Å². The second-order valence-electron chi connectivity index (χ2n) is 18.2. The summed E-state index contributed by atoms with van der Waals surface area (Å²) in [5.41, 5.74) is 0. The minimum Gasteiger partial charge on any atom is -0.454 e. The van der Waals surface area contributed by atoms with Gasteiger partial charge in [0, 0.05) is 6.42 Å². The molecule has 11 nitrogen and oxygen atoms in total. The van der Waals surface area contributed by atoms with E-state index in [9.17, 15) is 35.1 Å². The Labute approximate surface area is 424 Å². The second kappa shape index (κ2) is 46.4. The number of aliphatic hydroxyl groups excluding tert-OH is 5. The smallest absolute Gasteiger partial charge is 0.306 e. The summed E-state index contributed by atoms with van der Waals surface area (Å²) in [6, 6.07) is -1.05. The molecule has 0 spiro atoms. The lowest BCUT2D eigenvalue weighted by Gasteiger charge is -2.41. The van der Waals surface area contributed by atoms with Gasteiger partial charge in [-0.15, -0.1) is 0 Å². The Balaban J connectivity index is 2.81. The van der Waals surface area contributed by atoms with Crippen molar-refractivity contribution in [2.75, 3.05) is 13.2 Å². The fourth-order valence-electron chi connectivity index (χ4n) is 7.64. The molecular weight excluding hydrogens is 883 g/mol. The van der Waals surface area contributed by atoms with Crippen molar-refractivity contribution in [1.82, 2.24) is 5.32 Å². The topological polar surface area (TPSA) is 175 Å². The average molecular weight is 980 g/mol. The van der Waals surface area contributed by atoms with Gasteiger partial charge in [0.1, 0.15) is 24.4 Å². The van der Waals surface area contributed by atoms with Crippen LogP contribution >= 0.6 is 0 Å². The van der Waals surface area contributed by atoms with Crippen LogP contribution in [-0.4, -0.2) is 99.6 Å². The monoisotopic (exact) mass is 980 g/mol. The lowest BCUT2D eigenvalue weighted by molar-refractivity contribution is -0.305. The van der Waals surface area contributed by atoms with Crippen LogP contribution in [0.1, 0.15) is 188 Å². The fourth-order valence-corrected chi connectivity index (χ4v) is 7.64. The van der Waals surface area contributed by atoms with E-state index in [0.29, 0.717) is 19.3 Å². The van der Waals surface area contributed by atoms with Crippen LogP contribution in [0.15, 0.2) is 109 Å². The van der Waals surface area contributed by atoms with Gasteiger partial charge in [0.05, 0.1) is 25.4 Å². The molecule has 0 aliphatic carbocycles. The molecule has 11 heteroatoms. The number of esters is 1. The van der Waals surface area contributed by atoms with E-state index in [1.165, 1.54) is 38.5 Å². The molecule has 0 radical (unpaired) electrons. The largest absolute Gasteiger partial charge is 0.454 e. The lowest BCUT2D eigenvalue weighted by Crippen LogP contribution is -2.61. The molecule has 1 aliphatic rings. The maximum absolute atomic E-state index is 13.3. The molecule has 0 aromatic heterocycles. The molecule has 398 valence electrons. The van der Waals surface area contributed by atoms with Gasteiger partial charge in [-0.3, -0.25) is 9.59 Å². The van der Waals surface area contributed by atoms with Crippen LogP contribution in [0.5, 0.6) is 0 Å². The molecule has 0 aromatic carbocycles. The third kappa shape index (κ3) is 34.6. The number of nitrogens with one attached hydrogen (secondary N) is 1. The Kier molecular flexibility index (Phi) is 42.6. The Morgan fingerprint density at radius 1 is 0.571 bits per heavy atom. The van der Waals surface area contributed by atoms with Crippen LogP contribution in [0.2, 0.25) is 0 Å². The summed E-state index contributed by atoms with van der Waals surface area (Å²) >= 11 is 0. The van der Waals surface area contributed by atoms with E-state index in [4.69, 9.17) is 14.2 Å². The molecule has 1 amide bonds. The van der Waals surface area contributed by atoms with Crippen molar-refractivity contribution in [2.45, 2.75) is 237 Å². The van der Waals surface area contributed by atoms with Crippen LogP contribution in [0.4, 0.5) is 0 Å². The summed E-state index contributed by atoms with van der Waals surface area (Å²) < 4.78 is 17.5. The zero-order valence-electron chi connectivity index (χ0n) is 43.6. The molecule has 70 heavy (non-hydrogen) atoms. The van der Waals surface area contributed by atoms with E-state index in [2.05, 4.69) is 111 Å². The summed E-state index contributed by atoms with van der Waals surface area (Å²) in [4.78, 5) is 26.4. The van der Waals surface area contributed by atoms with Gasteiger partial charge in [-0.2, -0.15) is 0 Å². The summed E-state index contributed by atoms with van der Waals surface area (Å²) in [5.74, 6) is -1.29. The van der Waals surface area contributed by atoms with Crippen molar-refractivity contribution in [3.8, 4) is 0 Å². The lowest BCUT2D eigenvalue weighted by atomic mass is 9.99. The minimum atomic E-state index is -1.65. The molecule has 8 atom stereocenters.